The molecule has 4 aromatic rings. The summed E-state index contributed by atoms with van der Waals surface area (Å²) in [5, 5.41) is 13.8. The van der Waals surface area contributed by atoms with Crippen LogP contribution in [0.2, 0.25) is 0 Å². The van der Waals surface area contributed by atoms with E-state index in [9.17, 15) is 9.59 Å². The van der Waals surface area contributed by atoms with Crippen LogP contribution in [0.25, 0.3) is 5.65 Å². The number of benzene rings is 1. The van der Waals surface area contributed by atoms with Crippen molar-refractivity contribution in [3.05, 3.63) is 60.0 Å². The van der Waals surface area contributed by atoms with E-state index in [0.717, 1.165) is 18.4 Å². The molecule has 0 bridgehead atoms. The fourth-order valence-electron chi connectivity index (χ4n) is 3.48. The number of hydrogen-bond acceptors (Lipinski definition) is 6. The van der Waals surface area contributed by atoms with Crippen LogP contribution in [0.15, 0.2) is 48.8 Å². The third-order valence-electron chi connectivity index (χ3n) is 5.54. The largest absolute Gasteiger partial charge is 0.456 e. The van der Waals surface area contributed by atoms with Gasteiger partial charge in [0.25, 0.3) is 5.91 Å². The summed E-state index contributed by atoms with van der Waals surface area (Å²) in [7, 11) is 1.71. The van der Waals surface area contributed by atoms with Gasteiger partial charge in [-0.3, -0.25) is 20.0 Å². The number of ether oxygens (including phenoxy) is 1. The molecular weight excluding hydrogens is 422 g/mol. The van der Waals surface area contributed by atoms with E-state index in [1.54, 1.807) is 47.1 Å². The summed E-state index contributed by atoms with van der Waals surface area (Å²) >= 11 is 0. The number of carbonyl (C=O) groups is 2. The monoisotopic (exact) mass is 445 g/mol. The molecule has 33 heavy (non-hydrogen) atoms. The molecule has 5 rings (SSSR count). The Morgan fingerprint density at radius 2 is 2.09 bits per heavy atom. The fourth-order valence-corrected chi connectivity index (χ4v) is 3.48. The van der Waals surface area contributed by atoms with Gasteiger partial charge in [-0.25, -0.2) is 4.52 Å². The van der Waals surface area contributed by atoms with E-state index in [1.165, 1.54) is 0 Å². The van der Waals surface area contributed by atoms with Gasteiger partial charge in [0.1, 0.15) is 17.2 Å². The maximum Gasteiger partial charge on any atom is 0.276 e. The number of pyridine rings is 1. The van der Waals surface area contributed by atoms with Crippen molar-refractivity contribution in [3.8, 4) is 11.5 Å². The second kappa shape index (κ2) is 8.38. The summed E-state index contributed by atoms with van der Waals surface area (Å²) < 4.78 is 7.55. The molecule has 1 aliphatic rings. The SMILES string of the molecule is CCc1cn[nH]c1C(=O)N(C)c1cccc(Oc2ccc3nc(NC(=O)C4CC4)nn3c2)c1. The minimum absolute atomic E-state index is 0.0425. The van der Waals surface area contributed by atoms with Crippen molar-refractivity contribution in [2.45, 2.75) is 26.2 Å². The predicted octanol–water partition coefficient (Wildman–Crippen LogP) is 3.43. The van der Waals surface area contributed by atoms with Gasteiger partial charge in [0, 0.05) is 30.3 Å². The molecule has 3 aromatic heterocycles. The van der Waals surface area contributed by atoms with E-state index in [2.05, 4.69) is 25.6 Å². The molecule has 0 atom stereocenters. The fraction of sp³-hybridized carbons (Fsp3) is 0.261. The van der Waals surface area contributed by atoms with E-state index < -0.39 is 0 Å². The Kier molecular flexibility index (Phi) is 5.25. The van der Waals surface area contributed by atoms with Gasteiger partial charge in [0.05, 0.1) is 12.4 Å². The minimum atomic E-state index is -0.175. The minimum Gasteiger partial charge on any atom is -0.456 e. The van der Waals surface area contributed by atoms with Crippen LogP contribution in [0.4, 0.5) is 11.6 Å². The number of carbonyl (C=O) groups excluding carboxylic acids is 2. The second-order valence-corrected chi connectivity index (χ2v) is 7.95. The third-order valence-corrected chi connectivity index (χ3v) is 5.54. The molecule has 168 valence electrons. The van der Waals surface area contributed by atoms with E-state index in [-0.39, 0.29) is 23.7 Å². The average molecular weight is 445 g/mol. The Morgan fingerprint density at radius 1 is 1.24 bits per heavy atom. The van der Waals surface area contributed by atoms with Gasteiger partial charge in [-0.1, -0.05) is 13.0 Å². The Labute approximate surface area is 189 Å². The summed E-state index contributed by atoms with van der Waals surface area (Å²) in [6, 6.07) is 10.8. The molecule has 10 nitrogen and oxygen atoms in total. The van der Waals surface area contributed by atoms with Crippen LogP contribution in [0.5, 0.6) is 11.5 Å². The first kappa shape index (κ1) is 20.7. The van der Waals surface area contributed by atoms with Gasteiger partial charge < -0.3 is 9.64 Å². The molecular formula is C23H23N7O3. The second-order valence-electron chi connectivity index (χ2n) is 7.95. The predicted molar refractivity (Wildman–Crippen MR) is 122 cm³/mol. The van der Waals surface area contributed by atoms with Crippen LogP contribution < -0.4 is 15.0 Å². The number of fused-ring (bicyclic) bond motifs is 1. The van der Waals surface area contributed by atoms with E-state index in [1.807, 2.05) is 25.1 Å². The Morgan fingerprint density at radius 3 is 2.88 bits per heavy atom. The zero-order chi connectivity index (χ0) is 22.9. The van der Waals surface area contributed by atoms with E-state index in [0.29, 0.717) is 34.9 Å². The molecule has 0 spiro atoms. The summed E-state index contributed by atoms with van der Waals surface area (Å²) in [5.74, 6) is 1.24. The number of amides is 2. The van der Waals surface area contributed by atoms with Gasteiger partial charge in [-0.05, 0) is 43.5 Å². The molecule has 1 saturated carbocycles. The highest BCUT2D eigenvalue weighted by molar-refractivity contribution is 6.05. The molecule has 0 saturated heterocycles. The molecule has 1 fully saturated rings. The number of nitrogens with zero attached hydrogens (tertiary/aromatic N) is 5. The number of aryl methyl sites for hydroxylation is 1. The molecule has 2 amide bonds. The zero-order valence-electron chi connectivity index (χ0n) is 18.3. The van der Waals surface area contributed by atoms with E-state index >= 15 is 0 Å². The van der Waals surface area contributed by atoms with Crippen molar-refractivity contribution in [2.24, 2.45) is 5.92 Å². The number of rotatable bonds is 7. The summed E-state index contributed by atoms with van der Waals surface area (Å²) in [4.78, 5) is 30.7. The normalized spacial score (nSPS) is 13.2. The van der Waals surface area contributed by atoms with Gasteiger partial charge in [0.15, 0.2) is 5.65 Å². The maximum atomic E-state index is 12.9. The lowest BCUT2D eigenvalue weighted by Crippen LogP contribution is -2.27. The van der Waals surface area contributed by atoms with Crippen molar-refractivity contribution in [1.29, 1.82) is 0 Å². The third kappa shape index (κ3) is 4.27. The highest BCUT2D eigenvalue weighted by Crippen LogP contribution is 2.30. The number of aromatic nitrogens is 5. The average Bonchev–Trinajstić information content (AvgIpc) is 3.44. The highest BCUT2D eigenvalue weighted by atomic mass is 16.5. The first-order valence-electron chi connectivity index (χ1n) is 10.8. The summed E-state index contributed by atoms with van der Waals surface area (Å²) in [5.41, 5.74) is 2.63. The van der Waals surface area contributed by atoms with Crippen LogP contribution >= 0.6 is 0 Å². The van der Waals surface area contributed by atoms with Crippen LogP contribution in [-0.2, 0) is 11.2 Å². The lowest BCUT2D eigenvalue weighted by molar-refractivity contribution is -0.117. The van der Waals surface area contributed by atoms with Crippen LogP contribution in [0.3, 0.4) is 0 Å². The lowest BCUT2D eigenvalue weighted by Gasteiger charge is -2.18. The molecule has 1 aromatic carbocycles. The van der Waals surface area contributed by atoms with Crippen LogP contribution in [-0.4, -0.2) is 43.7 Å². The van der Waals surface area contributed by atoms with Gasteiger partial charge in [-0.15, -0.1) is 5.10 Å². The van der Waals surface area contributed by atoms with Crippen molar-refractivity contribution < 1.29 is 14.3 Å². The highest BCUT2D eigenvalue weighted by Gasteiger charge is 2.30. The Balaban J connectivity index is 1.32. The summed E-state index contributed by atoms with van der Waals surface area (Å²) in [6.07, 6.45) is 5.90. The van der Waals surface area contributed by atoms with Crippen molar-refractivity contribution in [1.82, 2.24) is 24.8 Å². The quantitative estimate of drug-likeness (QED) is 0.450. The maximum absolute atomic E-state index is 12.9. The van der Waals surface area contributed by atoms with Gasteiger partial charge in [-0.2, -0.15) is 10.1 Å². The standard InChI is InChI=1S/C23H23N7O3/c1-3-14-12-24-27-20(14)22(32)29(2)16-5-4-6-17(11-16)33-18-9-10-19-25-23(28-30(19)13-18)26-21(31)15-7-8-15/h4-6,9-13,15H,3,7-8H2,1-2H3,(H,24,27)(H,26,28,31). The van der Waals surface area contributed by atoms with Gasteiger partial charge in [0.2, 0.25) is 11.9 Å². The van der Waals surface area contributed by atoms with Crippen molar-refractivity contribution in [2.75, 3.05) is 17.3 Å². The first-order valence-corrected chi connectivity index (χ1v) is 10.8. The molecule has 2 N–H and O–H groups in total. The Bertz CT molecular complexity index is 1340. The molecule has 0 aliphatic heterocycles. The topological polar surface area (TPSA) is 118 Å². The number of anilines is 2. The number of nitrogens with one attached hydrogen (secondary N) is 2. The zero-order valence-corrected chi connectivity index (χ0v) is 18.3. The van der Waals surface area contributed by atoms with Crippen molar-refractivity contribution in [3.63, 3.8) is 0 Å². The molecule has 10 heteroatoms. The van der Waals surface area contributed by atoms with Gasteiger partial charge >= 0.3 is 0 Å². The van der Waals surface area contributed by atoms with E-state index in [4.69, 9.17) is 4.74 Å². The van der Waals surface area contributed by atoms with Crippen molar-refractivity contribution >= 4 is 29.1 Å². The molecule has 0 radical (unpaired) electrons. The molecule has 3 heterocycles. The number of aromatic amines is 1. The molecule has 0 unspecified atom stereocenters. The number of H-pyrrole nitrogens is 1. The Hall–Kier alpha value is -4.21. The first-order chi connectivity index (χ1) is 16.0. The van der Waals surface area contributed by atoms with Crippen LogP contribution in [0.1, 0.15) is 35.8 Å². The van der Waals surface area contributed by atoms with Crippen LogP contribution in [0, 0.1) is 5.92 Å². The lowest BCUT2D eigenvalue weighted by atomic mass is 10.2. The molecule has 1 aliphatic carbocycles. The smallest absolute Gasteiger partial charge is 0.276 e. The number of hydrogen-bond donors (Lipinski definition) is 2. The summed E-state index contributed by atoms with van der Waals surface area (Å²) in [6.45, 7) is 1.98.